The number of methoxy groups -OCH3 is 1. The van der Waals surface area contributed by atoms with Crippen molar-refractivity contribution >= 4 is 42.2 Å². The Labute approximate surface area is 208 Å². The third-order valence-corrected chi connectivity index (χ3v) is 5.75. The van der Waals surface area contributed by atoms with Gasteiger partial charge in [-0.3, -0.25) is 9.48 Å². The van der Waals surface area contributed by atoms with E-state index in [-0.39, 0.29) is 43.6 Å². The van der Waals surface area contributed by atoms with Crippen molar-refractivity contribution in [3.63, 3.8) is 0 Å². The Hall–Kier alpha value is -3.80. The second-order valence-electron chi connectivity index (χ2n) is 8.23. The van der Waals surface area contributed by atoms with Crippen LogP contribution in [-0.2, 0) is 11.8 Å². The summed E-state index contributed by atoms with van der Waals surface area (Å²) in [5, 5.41) is 7.11. The van der Waals surface area contributed by atoms with Crippen molar-refractivity contribution in [3.8, 4) is 17.0 Å². The lowest BCUT2D eigenvalue weighted by atomic mass is 10.1. The minimum Gasteiger partial charge on any atom is -0.497 e. The summed E-state index contributed by atoms with van der Waals surface area (Å²) in [7, 11) is 3.35. The third-order valence-electron chi connectivity index (χ3n) is 5.75. The fraction of sp³-hybridized carbons (Fsp3) is 0.304. The maximum absolute atomic E-state index is 15.3. The van der Waals surface area contributed by atoms with Gasteiger partial charge >= 0.3 is 0 Å². The van der Waals surface area contributed by atoms with Crippen LogP contribution in [0.5, 0.6) is 5.75 Å². The maximum atomic E-state index is 15.3. The molecule has 1 atom stereocenters. The molecule has 0 spiro atoms. The number of nitrogens with one attached hydrogen (secondary N) is 1. The summed E-state index contributed by atoms with van der Waals surface area (Å²) >= 11 is 0. The van der Waals surface area contributed by atoms with Crippen LogP contribution in [-0.4, -0.2) is 55.3 Å². The molecule has 3 aromatic heterocycles. The first-order valence-electron chi connectivity index (χ1n) is 10.8. The lowest BCUT2D eigenvalue weighted by Crippen LogP contribution is -2.37. The second-order valence-corrected chi connectivity index (χ2v) is 8.23. The standard InChI is InChI=1S/C23H23FN8O2.H2S/c1-13-6-16(34-3)7-19(21(13)24)32(12-15-4-5-20(33)28-15)23-26-10-18-22(30-23)29-17(9-25-18)14-8-27-31(2)11-14;/h6-11,15H,4-5,12H2,1-3H3,(H,28,33);1H2/t15-;/m0./s1. The second kappa shape index (κ2) is 9.82. The summed E-state index contributed by atoms with van der Waals surface area (Å²) in [5.41, 5.74) is 2.97. The van der Waals surface area contributed by atoms with Crippen molar-refractivity contribution < 1.29 is 13.9 Å². The van der Waals surface area contributed by atoms with Crippen LogP contribution < -0.4 is 15.0 Å². The van der Waals surface area contributed by atoms with Gasteiger partial charge in [0.1, 0.15) is 17.1 Å². The van der Waals surface area contributed by atoms with Gasteiger partial charge in [0.2, 0.25) is 11.9 Å². The largest absolute Gasteiger partial charge is 0.497 e. The molecular formula is C23H25FN8O2S. The van der Waals surface area contributed by atoms with Gasteiger partial charge in [-0.1, -0.05) is 0 Å². The number of fused-ring (bicyclic) bond motifs is 1. The molecule has 1 aromatic carbocycles. The molecule has 12 heteroatoms. The van der Waals surface area contributed by atoms with Crippen molar-refractivity contribution in [1.82, 2.24) is 35.0 Å². The molecular weight excluding hydrogens is 471 g/mol. The van der Waals surface area contributed by atoms with Gasteiger partial charge < -0.3 is 15.0 Å². The molecule has 0 aliphatic carbocycles. The highest BCUT2D eigenvalue weighted by Gasteiger charge is 2.27. The van der Waals surface area contributed by atoms with Crippen molar-refractivity contribution in [2.24, 2.45) is 7.05 Å². The molecule has 182 valence electrons. The number of carbonyl (C=O) groups is 1. The molecule has 1 fully saturated rings. The molecule has 1 amide bonds. The van der Waals surface area contributed by atoms with Crippen molar-refractivity contribution in [2.75, 3.05) is 18.6 Å². The molecule has 1 aliphatic heterocycles. The Morgan fingerprint density at radius 1 is 1.23 bits per heavy atom. The van der Waals surface area contributed by atoms with Gasteiger partial charge in [-0.15, -0.1) is 0 Å². The van der Waals surface area contributed by atoms with Crippen molar-refractivity contribution in [2.45, 2.75) is 25.8 Å². The average molecular weight is 497 g/mol. The first kappa shape index (κ1) is 24.3. The lowest BCUT2D eigenvalue weighted by molar-refractivity contribution is -0.119. The molecule has 1 saturated heterocycles. The van der Waals surface area contributed by atoms with Crippen LogP contribution in [0.2, 0.25) is 0 Å². The lowest BCUT2D eigenvalue weighted by Gasteiger charge is -2.27. The summed E-state index contributed by atoms with van der Waals surface area (Å²) in [5.74, 6) is 0.314. The van der Waals surface area contributed by atoms with Crippen LogP contribution in [0.15, 0.2) is 36.9 Å². The molecule has 0 radical (unpaired) electrons. The zero-order valence-corrected chi connectivity index (χ0v) is 20.5. The fourth-order valence-corrected chi connectivity index (χ4v) is 3.98. The zero-order valence-electron chi connectivity index (χ0n) is 19.5. The van der Waals surface area contributed by atoms with Gasteiger partial charge in [0.15, 0.2) is 5.65 Å². The molecule has 0 unspecified atom stereocenters. The van der Waals surface area contributed by atoms with E-state index < -0.39 is 5.82 Å². The average Bonchev–Trinajstić information content (AvgIpc) is 3.46. The summed E-state index contributed by atoms with van der Waals surface area (Å²) < 4.78 is 22.4. The van der Waals surface area contributed by atoms with Gasteiger partial charge in [-0.2, -0.15) is 23.6 Å². The molecule has 10 nitrogen and oxygen atoms in total. The zero-order chi connectivity index (χ0) is 23.8. The van der Waals surface area contributed by atoms with E-state index in [0.29, 0.717) is 41.0 Å². The smallest absolute Gasteiger partial charge is 0.232 e. The van der Waals surface area contributed by atoms with Crippen LogP contribution in [0.3, 0.4) is 0 Å². The molecule has 4 aromatic rings. The topological polar surface area (TPSA) is 111 Å². The minimum absolute atomic E-state index is 0. The molecule has 1 N–H and O–H groups in total. The van der Waals surface area contributed by atoms with E-state index in [1.54, 1.807) is 47.2 Å². The number of hydrogen-bond acceptors (Lipinski definition) is 8. The Bertz CT molecular complexity index is 1400. The molecule has 0 saturated carbocycles. The Morgan fingerprint density at radius 2 is 2.06 bits per heavy atom. The number of amides is 1. The molecule has 35 heavy (non-hydrogen) atoms. The number of rotatable bonds is 6. The molecule has 1 aliphatic rings. The number of halogens is 1. The predicted octanol–water partition coefficient (Wildman–Crippen LogP) is 2.81. The molecule has 5 rings (SSSR count). The first-order chi connectivity index (χ1) is 16.4. The van der Waals surface area contributed by atoms with E-state index in [1.165, 1.54) is 7.11 Å². The summed E-state index contributed by atoms with van der Waals surface area (Å²) in [6.45, 7) is 1.96. The quantitative estimate of drug-likeness (QED) is 0.434. The maximum Gasteiger partial charge on any atom is 0.232 e. The predicted molar refractivity (Wildman–Crippen MR) is 134 cm³/mol. The summed E-state index contributed by atoms with van der Waals surface area (Å²) in [6.07, 6.45) is 7.79. The van der Waals surface area contributed by atoms with E-state index in [2.05, 4.69) is 30.4 Å². The monoisotopic (exact) mass is 496 g/mol. The highest BCUT2D eigenvalue weighted by Crippen LogP contribution is 2.33. The minimum atomic E-state index is -0.413. The first-order valence-corrected chi connectivity index (χ1v) is 10.8. The number of benzene rings is 1. The van der Waals surface area contributed by atoms with Gasteiger partial charge in [0, 0.05) is 43.9 Å². The van der Waals surface area contributed by atoms with E-state index in [4.69, 9.17) is 4.74 Å². The number of aromatic nitrogens is 6. The number of nitrogens with zero attached hydrogens (tertiary/aromatic N) is 7. The van der Waals surface area contributed by atoms with Gasteiger partial charge in [-0.25, -0.2) is 19.3 Å². The van der Waals surface area contributed by atoms with Gasteiger partial charge in [0.25, 0.3) is 0 Å². The van der Waals surface area contributed by atoms with Crippen LogP contribution in [0.4, 0.5) is 16.0 Å². The third kappa shape index (κ3) is 4.87. The van der Waals surface area contributed by atoms with E-state index in [1.807, 2.05) is 13.2 Å². The Kier molecular flexibility index (Phi) is 6.83. The van der Waals surface area contributed by atoms with Crippen molar-refractivity contribution in [3.05, 3.63) is 48.3 Å². The number of aryl methyl sites for hydroxylation is 2. The molecule has 0 bridgehead atoms. The normalized spacial score (nSPS) is 15.1. The van der Waals surface area contributed by atoms with Gasteiger partial charge in [0.05, 0.1) is 37.1 Å². The van der Waals surface area contributed by atoms with Crippen LogP contribution in [0.25, 0.3) is 22.4 Å². The highest BCUT2D eigenvalue weighted by molar-refractivity contribution is 7.59. The van der Waals surface area contributed by atoms with Crippen LogP contribution >= 0.6 is 13.5 Å². The van der Waals surface area contributed by atoms with Crippen molar-refractivity contribution in [1.29, 1.82) is 0 Å². The highest BCUT2D eigenvalue weighted by atomic mass is 32.1. The van der Waals surface area contributed by atoms with Crippen LogP contribution in [0.1, 0.15) is 18.4 Å². The van der Waals surface area contributed by atoms with Gasteiger partial charge in [-0.05, 0) is 25.0 Å². The summed E-state index contributed by atoms with van der Waals surface area (Å²) in [4.78, 5) is 31.6. The molecule has 4 heterocycles. The Balaban J connectivity index is 0.00000289. The number of anilines is 2. The number of ether oxygens (including phenoxy) is 1. The number of carbonyl (C=O) groups excluding carboxylic acids is 1. The number of hydrogen-bond donors (Lipinski definition) is 1. The Morgan fingerprint density at radius 3 is 2.74 bits per heavy atom. The van der Waals surface area contributed by atoms with E-state index >= 15 is 4.39 Å². The SMILES string of the molecule is COc1cc(C)c(F)c(N(C[C@@H]2CCC(=O)N2)c2ncc3ncc(-c4cnn(C)c4)nc3n2)c1.S. The van der Waals surface area contributed by atoms with Crippen LogP contribution in [0, 0.1) is 12.7 Å². The van der Waals surface area contributed by atoms with E-state index in [0.717, 1.165) is 5.56 Å². The fourth-order valence-electron chi connectivity index (χ4n) is 3.98. The van der Waals surface area contributed by atoms with E-state index in [9.17, 15) is 4.79 Å². The summed E-state index contributed by atoms with van der Waals surface area (Å²) in [6, 6.07) is 3.05.